The molecule has 260 valence electrons. The molecule has 0 spiro atoms. The number of H-pyrrole nitrogens is 2. The average molecular weight is 692 g/mol. The first-order chi connectivity index (χ1) is 24.5. The Balaban J connectivity index is 0.000000165. The van der Waals surface area contributed by atoms with Crippen LogP contribution in [0.4, 0.5) is 13.6 Å². The summed E-state index contributed by atoms with van der Waals surface area (Å²) >= 11 is 0. The van der Waals surface area contributed by atoms with Gasteiger partial charge < -0.3 is 24.9 Å². The van der Waals surface area contributed by atoms with E-state index in [0.29, 0.717) is 46.6 Å². The van der Waals surface area contributed by atoms with Gasteiger partial charge in [0.1, 0.15) is 11.6 Å². The van der Waals surface area contributed by atoms with Crippen molar-refractivity contribution in [3.8, 4) is 22.5 Å². The number of hydrogen-bond acceptors (Lipinski definition) is 5. The van der Waals surface area contributed by atoms with Crippen LogP contribution in [-0.4, -0.2) is 70.3 Å². The molecular weight excluding hydrogens is 656 g/mol. The van der Waals surface area contributed by atoms with E-state index in [0.717, 1.165) is 57.1 Å². The molecule has 4 aromatic carbocycles. The number of hydrogen-bond donors (Lipinski definition) is 4. The van der Waals surface area contributed by atoms with Crippen LogP contribution in [0.2, 0.25) is 0 Å². The fraction of sp³-hybridized carbons (Fsp3) is 0.205. The number of carbonyl (C=O) groups excluding carboxylic acids is 3. The van der Waals surface area contributed by atoms with Crippen molar-refractivity contribution in [2.45, 2.75) is 26.3 Å². The van der Waals surface area contributed by atoms with Crippen molar-refractivity contribution in [3.05, 3.63) is 118 Å². The van der Waals surface area contributed by atoms with Crippen molar-refractivity contribution in [2.24, 2.45) is 0 Å². The van der Waals surface area contributed by atoms with E-state index in [1.54, 1.807) is 7.05 Å². The minimum atomic E-state index is -0.611. The van der Waals surface area contributed by atoms with Crippen molar-refractivity contribution in [1.29, 1.82) is 0 Å². The summed E-state index contributed by atoms with van der Waals surface area (Å²) in [6.45, 7) is 3.12. The van der Waals surface area contributed by atoms with Crippen LogP contribution in [0.15, 0.2) is 72.8 Å². The molecule has 6 aromatic rings. The van der Waals surface area contributed by atoms with E-state index in [9.17, 15) is 28.4 Å². The van der Waals surface area contributed by atoms with Gasteiger partial charge in [-0.3, -0.25) is 14.8 Å². The summed E-state index contributed by atoms with van der Waals surface area (Å²) in [6.07, 6.45) is 0.745. The number of carbonyl (C=O) groups is 3. The number of nitrogens with zero attached hydrogens (tertiary/aromatic N) is 2. The molecule has 4 N–H and O–H groups in total. The van der Waals surface area contributed by atoms with Gasteiger partial charge in [-0.2, -0.15) is 0 Å². The largest absolute Gasteiger partial charge is 0.453 e. The molecule has 2 aliphatic heterocycles. The topological polar surface area (TPSA) is 131 Å². The molecule has 0 atom stereocenters. The third kappa shape index (κ3) is 6.30. The molecule has 12 heteroatoms. The number of hydroxylamine groups is 2. The molecule has 51 heavy (non-hydrogen) atoms. The zero-order chi connectivity index (χ0) is 36.0. The monoisotopic (exact) mass is 691 g/mol. The first-order valence-corrected chi connectivity index (χ1v) is 16.4. The number of methoxy groups -OCH3 is 1. The van der Waals surface area contributed by atoms with E-state index in [1.807, 2.05) is 43.3 Å². The van der Waals surface area contributed by atoms with E-state index in [2.05, 4.69) is 27.4 Å². The second kappa shape index (κ2) is 13.4. The van der Waals surface area contributed by atoms with Gasteiger partial charge in [0.05, 0.1) is 24.8 Å². The standard InChI is InChI=1S/C21H20FN3O4.C18H15FN2O/c1-24(21(27)29-2)11-12-3-5-13(6-4-12)19-15-7-8-25(28)20(26)16-9-14(22)10-17(23-19)18(15)16;1-10-2-4-11(5-3-10)17-13-6-7-20-18(22)14-8-12(19)9-15(21-17)16(13)14/h3-6,9-10,23,28H,7-8,11H2,1-2H3;2-5,8-9,21H,6-7H2,1H3,(H,20,22). The Kier molecular flexibility index (Phi) is 8.78. The van der Waals surface area contributed by atoms with Gasteiger partial charge in [-0.15, -0.1) is 0 Å². The summed E-state index contributed by atoms with van der Waals surface area (Å²) in [6, 6.07) is 21.1. The molecule has 2 aromatic heterocycles. The Morgan fingerprint density at radius 1 is 0.843 bits per heavy atom. The van der Waals surface area contributed by atoms with Crippen LogP contribution in [0.1, 0.15) is 43.0 Å². The first-order valence-electron chi connectivity index (χ1n) is 16.4. The highest BCUT2D eigenvalue weighted by atomic mass is 19.1. The van der Waals surface area contributed by atoms with Crippen LogP contribution in [-0.2, 0) is 24.1 Å². The lowest BCUT2D eigenvalue weighted by Crippen LogP contribution is -2.28. The molecule has 0 aliphatic carbocycles. The molecular formula is C39H35F2N5O5. The summed E-state index contributed by atoms with van der Waals surface area (Å²) in [7, 11) is 2.99. The smallest absolute Gasteiger partial charge is 0.409 e. The van der Waals surface area contributed by atoms with Gasteiger partial charge in [0, 0.05) is 53.3 Å². The summed E-state index contributed by atoms with van der Waals surface area (Å²) in [4.78, 5) is 44.1. The minimum absolute atomic E-state index is 0.122. The summed E-state index contributed by atoms with van der Waals surface area (Å²) in [5.41, 5.74) is 9.48. The van der Waals surface area contributed by atoms with E-state index in [-0.39, 0.29) is 18.0 Å². The molecule has 4 heterocycles. The van der Waals surface area contributed by atoms with Crippen LogP contribution in [0.3, 0.4) is 0 Å². The highest BCUT2D eigenvalue weighted by molar-refractivity contribution is 6.11. The lowest BCUT2D eigenvalue weighted by molar-refractivity contribution is -0.0564. The predicted molar refractivity (Wildman–Crippen MR) is 189 cm³/mol. The molecule has 0 bridgehead atoms. The zero-order valence-electron chi connectivity index (χ0n) is 28.2. The lowest BCUT2D eigenvalue weighted by atomic mass is 9.99. The van der Waals surface area contributed by atoms with Crippen LogP contribution >= 0.6 is 0 Å². The predicted octanol–water partition coefficient (Wildman–Crippen LogP) is 7.13. The number of nitrogens with one attached hydrogen (secondary N) is 3. The average Bonchev–Trinajstić information content (AvgIpc) is 3.58. The van der Waals surface area contributed by atoms with Crippen molar-refractivity contribution in [2.75, 3.05) is 27.2 Å². The van der Waals surface area contributed by atoms with Crippen LogP contribution in [0.5, 0.6) is 0 Å². The number of amides is 3. The zero-order valence-corrected chi connectivity index (χ0v) is 28.2. The molecule has 0 radical (unpaired) electrons. The highest BCUT2D eigenvalue weighted by Crippen LogP contribution is 2.37. The van der Waals surface area contributed by atoms with Crippen LogP contribution in [0, 0.1) is 18.6 Å². The SMILES string of the molecule is COC(=O)N(C)Cc1ccc(-c2[nH]c3cc(F)cc4c3c2CCN(O)C4=O)cc1.Cc1ccc(-c2[nH]c3cc(F)cc4c3c2CCNC4=O)cc1. The van der Waals surface area contributed by atoms with Gasteiger partial charge in [0.2, 0.25) is 0 Å². The molecule has 0 saturated carbocycles. The van der Waals surface area contributed by atoms with Crippen molar-refractivity contribution in [1.82, 2.24) is 25.2 Å². The van der Waals surface area contributed by atoms with Gasteiger partial charge in [0.25, 0.3) is 11.8 Å². The Hall–Kier alpha value is -6.01. The van der Waals surface area contributed by atoms with Gasteiger partial charge in [-0.1, -0.05) is 54.1 Å². The molecule has 3 amide bonds. The van der Waals surface area contributed by atoms with Gasteiger partial charge in [-0.25, -0.2) is 18.6 Å². The van der Waals surface area contributed by atoms with E-state index < -0.39 is 23.6 Å². The van der Waals surface area contributed by atoms with Crippen LogP contribution in [0.25, 0.3) is 44.3 Å². The normalized spacial score (nSPS) is 13.7. The number of aryl methyl sites for hydroxylation is 1. The highest BCUT2D eigenvalue weighted by Gasteiger charge is 2.27. The number of aromatic nitrogens is 2. The number of halogens is 2. The molecule has 10 nitrogen and oxygen atoms in total. The maximum absolute atomic E-state index is 14.0. The first kappa shape index (κ1) is 33.5. The maximum Gasteiger partial charge on any atom is 0.409 e. The quantitative estimate of drug-likeness (QED) is 0.146. The molecule has 8 rings (SSSR count). The second-order valence-electron chi connectivity index (χ2n) is 12.8. The third-order valence-electron chi connectivity index (χ3n) is 9.37. The summed E-state index contributed by atoms with van der Waals surface area (Å²) in [5, 5.41) is 14.9. The van der Waals surface area contributed by atoms with E-state index in [1.165, 1.54) is 35.8 Å². The number of aromatic amines is 2. The minimum Gasteiger partial charge on any atom is -0.453 e. The second-order valence-corrected chi connectivity index (χ2v) is 12.8. The molecule has 0 saturated heterocycles. The van der Waals surface area contributed by atoms with Crippen LogP contribution < -0.4 is 5.32 Å². The third-order valence-corrected chi connectivity index (χ3v) is 9.37. The van der Waals surface area contributed by atoms with Gasteiger partial charge in [0.15, 0.2) is 0 Å². The van der Waals surface area contributed by atoms with Crippen molar-refractivity contribution >= 4 is 39.7 Å². The Morgan fingerprint density at radius 3 is 2.00 bits per heavy atom. The maximum atomic E-state index is 14.0. The lowest BCUT2D eigenvalue weighted by Gasteiger charge is -2.15. The summed E-state index contributed by atoms with van der Waals surface area (Å²) < 4.78 is 32.5. The Labute approximate surface area is 291 Å². The fourth-order valence-electron chi connectivity index (χ4n) is 6.92. The fourth-order valence-corrected chi connectivity index (χ4v) is 6.92. The Bertz CT molecular complexity index is 2330. The number of ether oxygens (including phenoxy) is 1. The van der Waals surface area contributed by atoms with Gasteiger partial charge in [-0.05, 0) is 71.8 Å². The summed E-state index contributed by atoms with van der Waals surface area (Å²) in [5.74, 6) is -1.77. The van der Waals surface area contributed by atoms with Crippen molar-refractivity contribution in [3.63, 3.8) is 0 Å². The molecule has 2 aliphatic rings. The molecule has 0 fully saturated rings. The van der Waals surface area contributed by atoms with E-state index >= 15 is 0 Å². The van der Waals surface area contributed by atoms with E-state index in [4.69, 9.17) is 4.74 Å². The number of rotatable bonds is 4. The van der Waals surface area contributed by atoms with Gasteiger partial charge >= 0.3 is 6.09 Å². The number of benzene rings is 4. The Morgan fingerprint density at radius 2 is 1.39 bits per heavy atom. The van der Waals surface area contributed by atoms with Crippen molar-refractivity contribution < 1.29 is 33.1 Å². The molecule has 0 unspecified atom stereocenters.